The number of benzene rings is 2. The number of para-hydroxylation sites is 1. The molecule has 5 nitrogen and oxygen atoms in total. The molecule has 2 unspecified atom stereocenters. The van der Waals surface area contributed by atoms with E-state index in [-0.39, 0.29) is 23.7 Å². The molecule has 0 bridgehead atoms. The Kier molecular flexibility index (Phi) is 7.42. The average Bonchev–Trinajstić information content (AvgIpc) is 2.78. The van der Waals surface area contributed by atoms with E-state index in [4.69, 9.17) is 4.74 Å². The molecule has 1 saturated heterocycles. The van der Waals surface area contributed by atoms with Gasteiger partial charge in [-0.1, -0.05) is 55.5 Å². The van der Waals surface area contributed by atoms with Crippen LogP contribution >= 0.6 is 0 Å². The van der Waals surface area contributed by atoms with E-state index in [1.165, 1.54) is 12.7 Å². The molecule has 2 aromatic rings. The number of methoxy groups -OCH3 is 1. The molecular weight excluding hydrogens is 364 g/mol. The lowest BCUT2D eigenvalue weighted by molar-refractivity contribution is -0.149. The molecule has 2 atom stereocenters. The van der Waals surface area contributed by atoms with Crippen LogP contribution in [0.2, 0.25) is 0 Å². The standard InChI is InChI=1S/C24H30N2O3/c1-3-23(27)26(21-12-8-5-9-13-21)25-17-16-22(24(28)29-2)20(18-25)15-14-19-10-6-4-7-11-19/h4-13,20,22H,3,14-18H2,1-2H3. The predicted molar refractivity (Wildman–Crippen MR) is 114 cm³/mol. The van der Waals surface area contributed by atoms with Crippen LogP contribution in [-0.4, -0.2) is 37.1 Å². The maximum Gasteiger partial charge on any atom is 0.309 e. The maximum atomic E-state index is 12.8. The topological polar surface area (TPSA) is 49.9 Å². The van der Waals surface area contributed by atoms with Gasteiger partial charge in [0.15, 0.2) is 0 Å². The van der Waals surface area contributed by atoms with Crippen LogP contribution in [0.3, 0.4) is 0 Å². The summed E-state index contributed by atoms with van der Waals surface area (Å²) >= 11 is 0. The second-order valence-electron chi connectivity index (χ2n) is 7.51. The van der Waals surface area contributed by atoms with Gasteiger partial charge in [0.25, 0.3) is 0 Å². The van der Waals surface area contributed by atoms with Crippen molar-refractivity contribution in [2.45, 2.75) is 32.6 Å². The molecule has 0 radical (unpaired) electrons. The number of esters is 1. The summed E-state index contributed by atoms with van der Waals surface area (Å²) in [7, 11) is 1.46. The Labute approximate surface area is 173 Å². The quantitative estimate of drug-likeness (QED) is 0.664. The molecule has 1 amide bonds. The van der Waals surface area contributed by atoms with Gasteiger partial charge < -0.3 is 4.74 Å². The van der Waals surface area contributed by atoms with Gasteiger partial charge in [0.05, 0.1) is 18.7 Å². The van der Waals surface area contributed by atoms with E-state index in [1.807, 2.05) is 55.5 Å². The van der Waals surface area contributed by atoms with Gasteiger partial charge in [-0.2, -0.15) is 0 Å². The zero-order chi connectivity index (χ0) is 20.6. The number of hydrogen-bond donors (Lipinski definition) is 0. The third kappa shape index (κ3) is 5.24. The summed E-state index contributed by atoms with van der Waals surface area (Å²) < 4.78 is 5.08. The van der Waals surface area contributed by atoms with Gasteiger partial charge in [0.1, 0.15) is 0 Å². The number of rotatable bonds is 7. The molecule has 1 aliphatic rings. The van der Waals surface area contributed by atoms with Crippen LogP contribution in [0.1, 0.15) is 31.7 Å². The Balaban J connectivity index is 1.79. The minimum Gasteiger partial charge on any atom is -0.469 e. The van der Waals surface area contributed by atoms with Crippen LogP contribution in [0, 0.1) is 11.8 Å². The smallest absolute Gasteiger partial charge is 0.309 e. The summed E-state index contributed by atoms with van der Waals surface area (Å²) in [6.07, 6.45) is 2.90. The molecule has 0 saturated carbocycles. The number of piperidine rings is 1. The first-order valence-corrected chi connectivity index (χ1v) is 10.4. The molecule has 3 rings (SSSR count). The van der Waals surface area contributed by atoms with Crippen molar-refractivity contribution in [1.29, 1.82) is 0 Å². The first-order valence-electron chi connectivity index (χ1n) is 10.4. The third-order valence-electron chi connectivity index (χ3n) is 5.69. The molecule has 5 heteroatoms. The SMILES string of the molecule is CCC(=O)N(c1ccccc1)N1CCC(C(=O)OC)C(CCc2ccccc2)C1. The van der Waals surface area contributed by atoms with Crippen LogP contribution in [0.25, 0.3) is 0 Å². The summed E-state index contributed by atoms with van der Waals surface area (Å²) in [4.78, 5) is 25.2. The zero-order valence-corrected chi connectivity index (χ0v) is 17.3. The number of nitrogens with zero attached hydrogens (tertiary/aromatic N) is 2. The van der Waals surface area contributed by atoms with Crippen LogP contribution < -0.4 is 5.01 Å². The molecule has 1 fully saturated rings. The molecule has 29 heavy (non-hydrogen) atoms. The van der Waals surface area contributed by atoms with Gasteiger partial charge in [0, 0.05) is 19.5 Å². The largest absolute Gasteiger partial charge is 0.469 e. The van der Waals surface area contributed by atoms with E-state index in [9.17, 15) is 9.59 Å². The molecule has 154 valence electrons. The monoisotopic (exact) mass is 394 g/mol. The first-order chi connectivity index (χ1) is 14.1. The number of anilines is 1. The molecular formula is C24H30N2O3. The maximum absolute atomic E-state index is 12.8. The van der Waals surface area contributed by atoms with E-state index in [0.29, 0.717) is 25.9 Å². The van der Waals surface area contributed by atoms with Gasteiger partial charge in [0.2, 0.25) is 5.91 Å². The number of hydrazine groups is 1. The van der Waals surface area contributed by atoms with Crippen molar-refractivity contribution in [1.82, 2.24) is 5.01 Å². The lowest BCUT2D eigenvalue weighted by Crippen LogP contribution is -2.54. The van der Waals surface area contributed by atoms with Crippen LogP contribution in [0.4, 0.5) is 5.69 Å². The molecule has 1 aliphatic heterocycles. The predicted octanol–water partition coefficient (Wildman–Crippen LogP) is 4.09. The van der Waals surface area contributed by atoms with E-state index in [2.05, 4.69) is 17.1 Å². The van der Waals surface area contributed by atoms with Crippen molar-refractivity contribution in [3.05, 3.63) is 66.2 Å². The molecule has 2 aromatic carbocycles. The molecule has 0 spiro atoms. The van der Waals surface area contributed by atoms with Gasteiger partial charge in [-0.3, -0.25) is 9.59 Å². The fraction of sp³-hybridized carbons (Fsp3) is 0.417. The Morgan fingerprint density at radius 1 is 1.07 bits per heavy atom. The summed E-state index contributed by atoms with van der Waals surface area (Å²) in [5, 5.41) is 3.90. The van der Waals surface area contributed by atoms with Crippen LogP contribution in [0.15, 0.2) is 60.7 Å². The first kappa shape index (κ1) is 21.1. The second-order valence-corrected chi connectivity index (χ2v) is 7.51. The second kappa shape index (κ2) is 10.2. The Morgan fingerprint density at radius 3 is 2.34 bits per heavy atom. The lowest BCUT2D eigenvalue weighted by atomic mass is 9.82. The minimum absolute atomic E-state index is 0.0644. The van der Waals surface area contributed by atoms with Crippen molar-refractivity contribution >= 4 is 17.6 Å². The lowest BCUT2D eigenvalue weighted by Gasteiger charge is -2.43. The van der Waals surface area contributed by atoms with Crippen molar-refractivity contribution in [2.75, 3.05) is 25.2 Å². The Morgan fingerprint density at radius 2 is 1.72 bits per heavy atom. The summed E-state index contributed by atoms with van der Waals surface area (Å²) in [5.74, 6) is -0.0769. The van der Waals surface area contributed by atoms with Crippen LogP contribution in [-0.2, 0) is 20.7 Å². The molecule has 0 aromatic heterocycles. The fourth-order valence-electron chi connectivity index (χ4n) is 4.13. The molecule has 1 heterocycles. The fourth-order valence-corrected chi connectivity index (χ4v) is 4.13. The van der Waals surface area contributed by atoms with Gasteiger partial charge in [-0.05, 0) is 42.9 Å². The van der Waals surface area contributed by atoms with E-state index >= 15 is 0 Å². The number of carbonyl (C=O) groups is 2. The molecule has 0 N–H and O–H groups in total. The number of carbonyl (C=O) groups excluding carboxylic acids is 2. The van der Waals surface area contributed by atoms with Crippen molar-refractivity contribution in [3.8, 4) is 0 Å². The minimum atomic E-state index is -0.143. The van der Waals surface area contributed by atoms with Crippen molar-refractivity contribution < 1.29 is 14.3 Å². The van der Waals surface area contributed by atoms with Gasteiger partial charge >= 0.3 is 5.97 Å². The summed E-state index contributed by atoms with van der Waals surface area (Å²) in [6.45, 7) is 3.20. The van der Waals surface area contributed by atoms with Gasteiger partial charge in [-0.15, -0.1) is 0 Å². The Hall–Kier alpha value is -2.66. The highest BCUT2D eigenvalue weighted by Gasteiger charge is 2.37. The van der Waals surface area contributed by atoms with E-state index in [0.717, 1.165) is 18.5 Å². The average molecular weight is 395 g/mol. The highest BCUT2D eigenvalue weighted by atomic mass is 16.5. The normalized spacial score (nSPS) is 19.5. The van der Waals surface area contributed by atoms with Gasteiger partial charge in [-0.25, -0.2) is 10.0 Å². The Bertz CT molecular complexity index is 794. The summed E-state index contributed by atoms with van der Waals surface area (Å²) in [6, 6.07) is 20.1. The van der Waals surface area contributed by atoms with Crippen molar-refractivity contribution in [2.24, 2.45) is 11.8 Å². The number of ether oxygens (including phenoxy) is 1. The van der Waals surface area contributed by atoms with Crippen molar-refractivity contribution in [3.63, 3.8) is 0 Å². The zero-order valence-electron chi connectivity index (χ0n) is 17.3. The number of amides is 1. The third-order valence-corrected chi connectivity index (χ3v) is 5.69. The summed E-state index contributed by atoms with van der Waals surface area (Å²) in [5.41, 5.74) is 2.13. The number of aryl methyl sites for hydroxylation is 1. The highest BCUT2D eigenvalue weighted by Crippen LogP contribution is 2.31. The van der Waals surface area contributed by atoms with E-state index < -0.39 is 0 Å². The highest BCUT2D eigenvalue weighted by molar-refractivity contribution is 5.92. The van der Waals surface area contributed by atoms with Crippen LogP contribution in [0.5, 0.6) is 0 Å². The molecule has 0 aliphatic carbocycles. The number of hydrogen-bond acceptors (Lipinski definition) is 4. The van der Waals surface area contributed by atoms with E-state index in [1.54, 1.807) is 5.01 Å².